The predicted molar refractivity (Wildman–Crippen MR) is 121 cm³/mol. The zero-order valence-corrected chi connectivity index (χ0v) is 19.3. The molecule has 3 atom stereocenters. The van der Waals surface area contributed by atoms with Gasteiger partial charge in [-0.15, -0.1) is 13.2 Å². The maximum atomic E-state index is 13.4. The Bertz CT molecular complexity index is 1090. The van der Waals surface area contributed by atoms with Crippen LogP contribution < -0.4 is 10.2 Å². The van der Waals surface area contributed by atoms with Crippen LogP contribution in [0.4, 0.5) is 13.2 Å². The molecule has 0 aromatic heterocycles. The van der Waals surface area contributed by atoms with E-state index in [1.54, 1.807) is 10.4 Å². The second-order valence-corrected chi connectivity index (χ2v) is 8.98. The first kappa shape index (κ1) is 25.5. The van der Waals surface area contributed by atoms with Crippen molar-refractivity contribution < 1.29 is 37.5 Å². The molecule has 0 radical (unpaired) electrons. The average molecular weight is 505 g/mol. The summed E-state index contributed by atoms with van der Waals surface area (Å²) in [6, 6.07) is 14.3. The van der Waals surface area contributed by atoms with E-state index in [1.165, 1.54) is 17.0 Å². The van der Waals surface area contributed by atoms with Crippen molar-refractivity contribution in [2.24, 2.45) is 11.8 Å². The molecule has 0 spiro atoms. The minimum absolute atomic E-state index is 0.113. The van der Waals surface area contributed by atoms with Crippen molar-refractivity contribution in [1.82, 2.24) is 15.3 Å². The van der Waals surface area contributed by atoms with E-state index in [-0.39, 0.29) is 36.9 Å². The molecule has 2 fully saturated rings. The van der Waals surface area contributed by atoms with Crippen LogP contribution in [-0.4, -0.2) is 65.3 Å². The van der Waals surface area contributed by atoms with Crippen LogP contribution in [0.15, 0.2) is 54.6 Å². The molecule has 8 nitrogen and oxygen atoms in total. The third-order valence-electron chi connectivity index (χ3n) is 6.77. The molecule has 2 aliphatic rings. The summed E-state index contributed by atoms with van der Waals surface area (Å²) >= 11 is 0. The fraction of sp³-hybridized carbons (Fsp3) is 0.400. The van der Waals surface area contributed by atoms with Gasteiger partial charge in [-0.05, 0) is 42.7 Å². The van der Waals surface area contributed by atoms with Crippen LogP contribution in [0.3, 0.4) is 0 Å². The van der Waals surface area contributed by atoms with E-state index in [1.807, 2.05) is 30.3 Å². The van der Waals surface area contributed by atoms with Crippen LogP contribution in [-0.2, 0) is 9.59 Å². The Labute approximate surface area is 205 Å². The molecule has 2 unspecified atom stereocenters. The van der Waals surface area contributed by atoms with Gasteiger partial charge in [0.2, 0.25) is 11.8 Å². The highest BCUT2D eigenvalue weighted by Gasteiger charge is 2.43. The van der Waals surface area contributed by atoms with E-state index < -0.39 is 35.8 Å². The summed E-state index contributed by atoms with van der Waals surface area (Å²) in [7, 11) is 0. The van der Waals surface area contributed by atoms with Gasteiger partial charge in [0, 0.05) is 37.7 Å². The number of carbonyl (C=O) groups is 3. The fourth-order valence-electron chi connectivity index (χ4n) is 4.95. The number of alkyl halides is 3. The van der Waals surface area contributed by atoms with Crippen LogP contribution in [0, 0.1) is 11.8 Å². The lowest BCUT2D eigenvalue weighted by Gasteiger charge is -2.38. The monoisotopic (exact) mass is 505 g/mol. The fourth-order valence-corrected chi connectivity index (χ4v) is 4.95. The van der Waals surface area contributed by atoms with Crippen LogP contribution in [0.25, 0.3) is 0 Å². The topological polar surface area (TPSA) is 99.2 Å². The number of hydroxylamine groups is 1. The molecule has 2 heterocycles. The minimum atomic E-state index is -4.85. The number of amides is 3. The molecule has 2 N–H and O–H groups in total. The largest absolute Gasteiger partial charge is 0.573 e. The van der Waals surface area contributed by atoms with Gasteiger partial charge in [0.05, 0.1) is 11.8 Å². The summed E-state index contributed by atoms with van der Waals surface area (Å²) in [6.07, 6.45) is -3.83. The van der Waals surface area contributed by atoms with Crippen LogP contribution >= 0.6 is 0 Å². The molecule has 0 saturated carbocycles. The number of carbonyl (C=O) groups excluding carboxylic acids is 3. The SMILES string of the molecule is O=C(NO)C1CN(C(=O)c2ccc(OC(F)(F)F)cc2)CCC1C(=O)N1CC[C@@H](c2ccccc2)C1. The van der Waals surface area contributed by atoms with Crippen molar-refractivity contribution >= 4 is 17.7 Å². The molecule has 11 heteroatoms. The molecule has 2 saturated heterocycles. The third-order valence-corrected chi connectivity index (χ3v) is 6.77. The summed E-state index contributed by atoms with van der Waals surface area (Å²) in [4.78, 5) is 41.9. The molecule has 36 heavy (non-hydrogen) atoms. The lowest BCUT2D eigenvalue weighted by Crippen LogP contribution is -2.53. The number of rotatable bonds is 5. The first-order chi connectivity index (χ1) is 17.2. The Morgan fingerprint density at radius 2 is 1.56 bits per heavy atom. The number of hydrogen-bond donors (Lipinski definition) is 2. The van der Waals surface area contributed by atoms with Gasteiger partial charge in [-0.25, -0.2) is 5.48 Å². The van der Waals surface area contributed by atoms with Crippen LogP contribution in [0.1, 0.15) is 34.7 Å². The van der Waals surface area contributed by atoms with Crippen molar-refractivity contribution in [3.63, 3.8) is 0 Å². The Hall–Kier alpha value is -3.60. The van der Waals surface area contributed by atoms with E-state index in [9.17, 15) is 32.8 Å². The van der Waals surface area contributed by atoms with Crippen LogP contribution in [0.5, 0.6) is 5.75 Å². The van der Waals surface area contributed by atoms with Gasteiger partial charge in [0.15, 0.2) is 0 Å². The molecule has 4 rings (SSSR count). The highest BCUT2D eigenvalue weighted by molar-refractivity contribution is 5.95. The van der Waals surface area contributed by atoms with Gasteiger partial charge in [0.25, 0.3) is 5.91 Å². The van der Waals surface area contributed by atoms with E-state index >= 15 is 0 Å². The number of ether oxygens (including phenoxy) is 1. The number of nitrogens with one attached hydrogen (secondary N) is 1. The van der Waals surface area contributed by atoms with Crippen molar-refractivity contribution in [3.05, 3.63) is 65.7 Å². The first-order valence-corrected chi connectivity index (χ1v) is 11.6. The Morgan fingerprint density at radius 1 is 0.889 bits per heavy atom. The Morgan fingerprint density at radius 3 is 2.19 bits per heavy atom. The summed E-state index contributed by atoms with van der Waals surface area (Å²) < 4.78 is 41.0. The van der Waals surface area contributed by atoms with Gasteiger partial charge in [-0.3, -0.25) is 19.6 Å². The summed E-state index contributed by atoms with van der Waals surface area (Å²) in [5, 5.41) is 9.27. The van der Waals surface area contributed by atoms with Crippen LogP contribution in [0.2, 0.25) is 0 Å². The molecule has 2 aromatic rings. The minimum Gasteiger partial charge on any atom is -0.406 e. The van der Waals surface area contributed by atoms with Gasteiger partial charge in [-0.1, -0.05) is 30.3 Å². The van der Waals surface area contributed by atoms with Gasteiger partial charge in [-0.2, -0.15) is 0 Å². The zero-order valence-electron chi connectivity index (χ0n) is 19.3. The van der Waals surface area contributed by atoms with Crippen molar-refractivity contribution in [2.75, 3.05) is 26.2 Å². The summed E-state index contributed by atoms with van der Waals surface area (Å²) in [5.74, 6) is -3.39. The van der Waals surface area contributed by atoms with E-state index in [4.69, 9.17) is 0 Å². The number of nitrogens with zero attached hydrogens (tertiary/aromatic N) is 2. The predicted octanol–water partition coefficient (Wildman–Crippen LogP) is 3.19. The van der Waals surface area contributed by atoms with E-state index in [2.05, 4.69) is 4.74 Å². The number of benzene rings is 2. The quantitative estimate of drug-likeness (QED) is 0.481. The highest BCUT2D eigenvalue weighted by atomic mass is 19.4. The van der Waals surface area contributed by atoms with E-state index in [0.717, 1.165) is 24.1 Å². The molecule has 0 aliphatic carbocycles. The molecular formula is C25H26F3N3O5. The van der Waals surface area contributed by atoms with Gasteiger partial charge in [0.1, 0.15) is 5.75 Å². The molecule has 2 aliphatic heterocycles. The zero-order chi connectivity index (χ0) is 25.9. The van der Waals surface area contributed by atoms with Crippen molar-refractivity contribution in [1.29, 1.82) is 0 Å². The molecule has 192 valence electrons. The van der Waals surface area contributed by atoms with Gasteiger partial charge < -0.3 is 14.5 Å². The number of likely N-dealkylation sites (tertiary alicyclic amines) is 2. The number of piperidine rings is 1. The van der Waals surface area contributed by atoms with Crippen molar-refractivity contribution in [2.45, 2.75) is 25.1 Å². The standard InChI is InChI=1S/C25H26F3N3O5/c26-25(27,28)36-19-8-6-17(7-9-19)23(33)31-13-11-20(21(15-31)22(32)29-35)24(34)30-12-10-18(14-30)16-4-2-1-3-5-16/h1-9,18,20-21,35H,10-15H2,(H,29,32)/t18-,20?,21?/m1/s1. The lowest BCUT2D eigenvalue weighted by atomic mass is 9.83. The Kier molecular flexibility index (Phi) is 7.48. The second kappa shape index (κ2) is 10.6. The third kappa shape index (κ3) is 5.78. The lowest BCUT2D eigenvalue weighted by molar-refractivity contribution is -0.274. The summed E-state index contributed by atoms with van der Waals surface area (Å²) in [5.41, 5.74) is 2.86. The van der Waals surface area contributed by atoms with Crippen molar-refractivity contribution in [3.8, 4) is 5.75 Å². The molecule has 0 bridgehead atoms. The maximum absolute atomic E-state index is 13.4. The Balaban J connectivity index is 1.43. The second-order valence-electron chi connectivity index (χ2n) is 8.98. The first-order valence-electron chi connectivity index (χ1n) is 11.6. The maximum Gasteiger partial charge on any atom is 0.573 e. The average Bonchev–Trinajstić information content (AvgIpc) is 3.37. The highest BCUT2D eigenvalue weighted by Crippen LogP contribution is 2.32. The van der Waals surface area contributed by atoms with Gasteiger partial charge >= 0.3 is 6.36 Å². The molecule has 2 aromatic carbocycles. The summed E-state index contributed by atoms with van der Waals surface area (Å²) in [6.45, 7) is 1.15. The molecular weight excluding hydrogens is 479 g/mol. The number of hydrogen-bond acceptors (Lipinski definition) is 5. The van der Waals surface area contributed by atoms with E-state index in [0.29, 0.717) is 13.1 Å². The molecule has 3 amide bonds. The smallest absolute Gasteiger partial charge is 0.406 e. The normalized spacial score (nSPS) is 22.3. The number of halogens is 3.